The average Bonchev–Trinajstić information content (AvgIpc) is 2.64. The molecule has 1 aromatic heterocycles. The minimum Gasteiger partial charge on any atom is -0.355 e. The van der Waals surface area contributed by atoms with E-state index in [4.69, 9.17) is 0 Å². The predicted octanol–water partition coefficient (Wildman–Crippen LogP) is 4.83. The number of anilines is 2. The molecule has 126 valence electrons. The summed E-state index contributed by atoms with van der Waals surface area (Å²) in [6, 6.07) is 19.4. The molecule has 3 aromatic rings. The van der Waals surface area contributed by atoms with Gasteiger partial charge in [0.05, 0.1) is 0 Å². The Morgan fingerprint density at radius 1 is 1.04 bits per heavy atom. The number of aromatic nitrogens is 1. The minimum absolute atomic E-state index is 0.195. The van der Waals surface area contributed by atoms with E-state index in [9.17, 15) is 4.79 Å². The van der Waals surface area contributed by atoms with Crippen LogP contribution in [0.4, 0.5) is 11.4 Å². The van der Waals surface area contributed by atoms with Crippen LogP contribution >= 0.6 is 15.9 Å². The normalized spacial score (nSPS) is 10.3. The fraction of sp³-hybridized carbons (Fsp3) is 0.100. The van der Waals surface area contributed by atoms with E-state index in [2.05, 4.69) is 31.5 Å². The fourth-order valence-corrected chi connectivity index (χ4v) is 2.64. The maximum Gasteiger partial charge on any atom is 0.270 e. The van der Waals surface area contributed by atoms with E-state index >= 15 is 0 Å². The number of amides is 1. The molecule has 0 spiro atoms. The van der Waals surface area contributed by atoms with Gasteiger partial charge >= 0.3 is 0 Å². The van der Waals surface area contributed by atoms with Gasteiger partial charge in [-0.2, -0.15) is 0 Å². The van der Waals surface area contributed by atoms with Gasteiger partial charge in [0.15, 0.2) is 0 Å². The second-order valence-corrected chi connectivity index (χ2v) is 6.54. The first-order valence-corrected chi connectivity index (χ1v) is 8.72. The lowest BCUT2D eigenvalue weighted by Crippen LogP contribution is -2.23. The molecule has 0 saturated carbocycles. The van der Waals surface area contributed by atoms with Crippen LogP contribution in [-0.2, 0) is 6.54 Å². The summed E-state index contributed by atoms with van der Waals surface area (Å²) in [6.45, 7) is 2.51. The first kappa shape index (κ1) is 17.2. The number of nitrogens with zero attached hydrogens (tertiary/aromatic N) is 1. The van der Waals surface area contributed by atoms with E-state index in [0.717, 1.165) is 27.0 Å². The van der Waals surface area contributed by atoms with Gasteiger partial charge in [-0.25, -0.2) is 0 Å². The Hall–Kier alpha value is -2.66. The number of nitrogens with one attached hydrogen (secondary N) is 2. The second kappa shape index (κ2) is 7.94. The molecule has 1 heterocycles. The third kappa shape index (κ3) is 4.67. The van der Waals surface area contributed by atoms with Crippen molar-refractivity contribution in [2.45, 2.75) is 13.5 Å². The lowest BCUT2D eigenvalue weighted by atomic mass is 10.2. The van der Waals surface area contributed by atoms with Crippen molar-refractivity contribution in [3.8, 4) is 0 Å². The van der Waals surface area contributed by atoms with Crippen molar-refractivity contribution in [3.05, 3.63) is 88.2 Å². The highest BCUT2D eigenvalue weighted by atomic mass is 79.9. The highest BCUT2D eigenvalue weighted by molar-refractivity contribution is 9.10. The summed E-state index contributed by atoms with van der Waals surface area (Å²) in [5, 5.41) is 6.19. The van der Waals surface area contributed by atoms with Crippen LogP contribution < -0.4 is 10.6 Å². The molecule has 0 bridgehead atoms. The monoisotopic (exact) mass is 395 g/mol. The lowest BCUT2D eigenvalue weighted by molar-refractivity contribution is 0.0946. The highest BCUT2D eigenvalue weighted by Crippen LogP contribution is 2.23. The average molecular weight is 396 g/mol. The van der Waals surface area contributed by atoms with Crippen molar-refractivity contribution in [1.29, 1.82) is 0 Å². The van der Waals surface area contributed by atoms with Crippen molar-refractivity contribution in [1.82, 2.24) is 10.3 Å². The zero-order valence-corrected chi connectivity index (χ0v) is 15.4. The summed E-state index contributed by atoms with van der Waals surface area (Å²) >= 11 is 3.49. The number of carbonyl (C=O) groups is 1. The lowest BCUT2D eigenvalue weighted by Gasteiger charge is -2.10. The quantitative estimate of drug-likeness (QED) is 0.650. The van der Waals surface area contributed by atoms with Crippen LogP contribution in [-0.4, -0.2) is 10.9 Å². The van der Waals surface area contributed by atoms with Gasteiger partial charge in [-0.3, -0.25) is 9.78 Å². The third-order valence-electron chi connectivity index (χ3n) is 3.74. The van der Waals surface area contributed by atoms with Gasteiger partial charge in [0.25, 0.3) is 5.91 Å². The van der Waals surface area contributed by atoms with Gasteiger partial charge < -0.3 is 10.6 Å². The molecular formula is C20H18BrN3O. The molecule has 4 nitrogen and oxygen atoms in total. The molecule has 0 aliphatic carbocycles. The number of halogens is 1. The summed E-state index contributed by atoms with van der Waals surface area (Å²) in [5.41, 5.74) is 4.36. The summed E-state index contributed by atoms with van der Waals surface area (Å²) in [6.07, 6.45) is 1.63. The van der Waals surface area contributed by atoms with Crippen LogP contribution in [0, 0.1) is 6.92 Å². The summed E-state index contributed by atoms with van der Waals surface area (Å²) in [7, 11) is 0. The van der Waals surface area contributed by atoms with Gasteiger partial charge in [0.2, 0.25) is 0 Å². The molecule has 0 aliphatic rings. The van der Waals surface area contributed by atoms with Crippen molar-refractivity contribution in [2.75, 3.05) is 5.32 Å². The number of benzene rings is 2. The van der Waals surface area contributed by atoms with E-state index in [1.165, 1.54) is 0 Å². The van der Waals surface area contributed by atoms with Gasteiger partial charge in [0.1, 0.15) is 5.69 Å². The number of rotatable bonds is 5. The minimum atomic E-state index is -0.195. The van der Waals surface area contributed by atoms with Gasteiger partial charge in [-0.15, -0.1) is 0 Å². The summed E-state index contributed by atoms with van der Waals surface area (Å²) < 4.78 is 1.06. The predicted molar refractivity (Wildman–Crippen MR) is 104 cm³/mol. The van der Waals surface area contributed by atoms with Crippen LogP contribution in [0.1, 0.15) is 21.6 Å². The molecule has 5 heteroatoms. The van der Waals surface area contributed by atoms with Gasteiger partial charge in [0, 0.05) is 28.6 Å². The number of carbonyl (C=O) groups excluding carboxylic acids is 1. The number of aryl methyl sites for hydroxylation is 1. The third-order valence-corrected chi connectivity index (χ3v) is 4.62. The molecule has 3 rings (SSSR count). The van der Waals surface area contributed by atoms with Crippen molar-refractivity contribution in [3.63, 3.8) is 0 Å². The first-order valence-electron chi connectivity index (χ1n) is 7.93. The van der Waals surface area contributed by atoms with Crippen LogP contribution in [0.5, 0.6) is 0 Å². The van der Waals surface area contributed by atoms with Crippen LogP contribution in [0.3, 0.4) is 0 Å². The van der Waals surface area contributed by atoms with E-state index in [1.54, 1.807) is 12.3 Å². The Morgan fingerprint density at radius 2 is 1.80 bits per heavy atom. The Balaban J connectivity index is 1.68. The Kier molecular flexibility index (Phi) is 5.46. The molecular weight excluding hydrogens is 378 g/mol. The first-order chi connectivity index (χ1) is 12.1. The zero-order valence-electron chi connectivity index (χ0n) is 13.8. The molecule has 0 unspecified atom stereocenters. The molecule has 25 heavy (non-hydrogen) atoms. The standard InChI is InChI=1S/C20H18BrN3O/c1-14-11-16(7-8-18(14)21)24-17-9-10-22-19(12-17)20(25)23-13-15-5-3-2-4-6-15/h2-12H,13H2,1H3,(H,22,24)(H,23,25). The highest BCUT2D eigenvalue weighted by Gasteiger charge is 2.08. The van der Waals surface area contributed by atoms with Crippen LogP contribution in [0.15, 0.2) is 71.3 Å². The molecule has 2 aromatic carbocycles. The van der Waals surface area contributed by atoms with E-state index in [-0.39, 0.29) is 5.91 Å². The van der Waals surface area contributed by atoms with Crippen molar-refractivity contribution >= 4 is 33.2 Å². The molecule has 2 N–H and O–H groups in total. The van der Waals surface area contributed by atoms with Gasteiger partial charge in [-0.05, 0) is 48.4 Å². The van der Waals surface area contributed by atoms with Gasteiger partial charge in [-0.1, -0.05) is 46.3 Å². The number of hydrogen-bond donors (Lipinski definition) is 2. The molecule has 1 amide bonds. The second-order valence-electron chi connectivity index (χ2n) is 5.69. The summed E-state index contributed by atoms with van der Waals surface area (Å²) in [4.78, 5) is 16.5. The zero-order chi connectivity index (χ0) is 17.6. The Labute approximate surface area is 155 Å². The van der Waals surface area contributed by atoms with E-state index < -0.39 is 0 Å². The van der Waals surface area contributed by atoms with E-state index in [0.29, 0.717) is 12.2 Å². The van der Waals surface area contributed by atoms with Crippen LogP contribution in [0.25, 0.3) is 0 Å². The fourth-order valence-electron chi connectivity index (χ4n) is 2.39. The molecule has 0 fully saturated rings. The van der Waals surface area contributed by atoms with Crippen molar-refractivity contribution < 1.29 is 4.79 Å². The number of hydrogen-bond acceptors (Lipinski definition) is 3. The smallest absolute Gasteiger partial charge is 0.270 e. The molecule has 0 atom stereocenters. The van der Waals surface area contributed by atoms with Crippen LogP contribution in [0.2, 0.25) is 0 Å². The molecule has 0 radical (unpaired) electrons. The topological polar surface area (TPSA) is 54.0 Å². The largest absolute Gasteiger partial charge is 0.355 e. The number of pyridine rings is 1. The Bertz CT molecular complexity index is 881. The Morgan fingerprint density at radius 3 is 2.56 bits per heavy atom. The van der Waals surface area contributed by atoms with Crippen molar-refractivity contribution in [2.24, 2.45) is 0 Å². The maximum absolute atomic E-state index is 12.3. The summed E-state index contributed by atoms with van der Waals surface area (Å²) in [5.74, 6) is -0.195. The molecule has 0 saturated heterocycles. The molecule has 0 aliphatic heterocycles. The SMILES string of the molecule is Cc1cc(Nc2ccnc(C(=O)NCc3ccccc3)c2)ccc1Br. The maximum atomic E-state index is 12.3. The van der Waals surface area contributed by atoms with E-state index in [1.807, 2.05) is 61.5 Å².